The third-order valence-electron chi connectivity index (χ3n) is 3.16. The average Bonchev–Trinajstić information content (AvgIpc) is 2.83. The molecule has 1 aliphatic rings. The zero-order valence-corrected chi connectivity index (χ0v) is 10.7. The number of nitrogens with one attached hydrogen (secondary N) is 2. The van der Waals surface area contributed by atoms with Crippen LogP contribution in [-0.4, -0.2) is 46.4 Å². The van der Waals surface area contributed by atoms with Crippen LogP contribution in [0.2, 0.25) is 0 Å². The Morgan fingerprint density at radius 3 is 2.95 bits per heavy atom. The van der Waals surface area contributed by atoms with Gasteiger partial charge in [-0.2, -0.15) is 5.10 Å². The van der Waals surface area contributed by atoms with Crippen LogP contribution in [0, 0.1) is 12.8 Å². The summed E-state index contributed by atoms with van der Waals surface area (Å²) < 4.78 is 5.27. The van der Waals surface area contributed by atoms with E-state index < -0.39 is 17.9 Å². The van der Waals surface area contributed by atoms with Crippen LogP contribution in [0.4, 0.5) is 0 Å². The molecule has 0 aliphatic carbocycles. The number of hydrogen-bond acceptors (Lipinski definition) is 4. The number of carboxylic acid groups (broad SMARTS) is 1. The number of nitrogens with zero attached hydrogens (tertiary/aromatic N) is 1. The summed E-state index contributed by atoms with van der Waals surface area (Å²) in [6.07, 6.45) is 1.54. The summed E-state index contributed by atoms with van der Waals surface area (Å²) in [6, 6.07) is 0.635. The number of aromatic nitrogens is 2. The van der Waals surface area contributed by atoms with Gasteiger partial charge >= 0.3 is 5.97 Å². The monoisotopic (exact) mass is 267 g/mol. The molecule has 0 bridgehead atoms. The van der Waals surface area contributed by atoms with Crippen molar-refractivity contribution in [3.8, 4) is 0 Å². The molecular weight excluding hydrogens is 250 g/mol. The highest BCUT2D eigenvalue weighted by Gasteiger charge is 2.31. The van der Waals surface area contributed by atoms with Crippen LogP contribution in [0.25, 0.3) is 0 Å². The lowest BCUT2D eigenvalue weighted by molar-refractivity contribution is -0.142. The first-order valence-corrected chi connectivity index (χ1v) is 6.21. The molecule has 7 nitrogen and oxygen atoms in total. The molecular formula is C12H17N3O4. The molecule has 1 fully saturated rings. The van der Waals surface area contributed by atoms with Crippen molar-refractivity contribution in [1.82, 2.24) is 15.5 Å². The normalized spacial score (nSPS) is 20.8. The smallest absolute Gasteiger partial charge is 0.326 e. The number of rotatable bonds is 4. The van der Waals surface area contributed by atoms with Gasteiger partial charge in [-0.1, -0.05) is 0 Å². The van der Waals surface area contributed by atoms with Crippen molar-refractivity contribution in [2.75, 3.05) is 13.2 Å². The maximum absolute atomic E-state index is 11.9. The van der Waals surface area contributed by atoms with E-state index in [1.54, 1.807) is 13.0 Å². The summed E-state index contributed by atoms with van der Waals surface area (Å²) in [6.45, 7) is 2.78. The van der Waals surface area contributed by atoms with Crippen LogP contribution in [0.3, 0.4) is 0 Å². The molecule has 3 N–H and O–H groups in total. The minimum absolute atomic E-state index is 0.195. The second-order valence-electron chi connectivity index (χ2n) is 4.70. The molecule has 0 radical (unpaired) electrons. The molecule has 1 aromatic heterocycles. The fraction of sp³-hybridized carbons (Fsp3) is 0.583. The van der Waals surface area contributed by atoms with E-state index in [1.165, 1.54) is 0 Å². The van der Waals surface area contributed by atoms with E-state index in [4.69, 9.17) is 4.74 Å². The Balaban J connectivity index is 2.04. The highest BCUT2D eigenvalue weighted by Crippen LogP contribution is 2.18. The van der Waals surface area contributed by atoms with Gasteiger partial charge < -0.3 is 15.2 Å². The van der Waals surface area contributed by atoms with E-state index in [2.05, 4.69) is 15.5 Å². The molecule has 2 unspecified atom stereocenters. The lowest BCUT2D eigenvalue weighted by atomic mass is 9.93. The molecule has 1 saturated heterocycles. The van der Waals surface area contributed by atoms with Gasteiger partial charge in [0.2, 0.25) is 0 Å². The van der Waals surface area contributed by atoms with Crippen LogP contribution in [-0.2, 0) is 9.53 Å². The second kappa shape index (κ2) is 5.83. The van der Waals surface area contributed by atoms with Gasteiger partial charge in [-0.25, -0.2) is 4.79 Å². The number of ether oxygens (including phenoxy) is 1. The molecule has 1 aliphatic heterocycles. The van der Waals surface area contributed by atoms with Crippen molar-refractivity contribution >= 4 is 11.9 Å². The van der Waals surface area contributed by atoms with E-state index in [1.807, 2.05) is 0 Å². The van der Waals surface area contributed by atoms with Gasteiger partial charge in [-0.05, 0) is 25.8 Å². The summed E-state index contributed by atoms with van der Waals surface area (Å²) >= 11 is 0. The standard InChI is InChI=1S/C12H17N3O4/c1-7-5-9(15-14-7)11(16)13-10(12(17)18)8-3-2-4-19-6-8/h5,8,10H,2-4,6H2,1H3,(H,13,16)(H,14,15)(H,17,18). The summed E-state index contributed by atoms with van der Waals surface area (Å²) in [5.74, 6) is -1.73. The van der Waals surface area contributed by atoms with Gasteiger partial charge in [0.05, 0.1) is 6.61 Å². The van der Waals surface area contributed by atoms with Gasteiger partial charge in [0.1, 0.15) is 11.7 Å². The van der Waals surface area contributed by atoms with Crippen LogP contribution in [0.1, 0.15) is 29.0 Å². The third-order valence-corrected chi connectivity index (χ3v) is 3.16. The number of aryl methyl sites for hydroxylation is 1. The Morgan fingerprint density at radius 2 is 2.42 bits per heavy atom. The fourth-order valence-electron chi connectivity index (χ4n) is 2.16. The predicted octanol–water partition coefficient (Wildman–Crippen LogP) is 0.328. The summed E-state index contributed by atoms with van der Waals surface area (Å²) in [5, 5.41) is 18.2. The molecule has 0 saturated carbocycles. The number of aromatic amines is 1. The number of aliphatic carboxylic acids is 1. The number of amides is 1. The SMILES string of the molecule is Cc1cc(C(=O)NC(C(=O)O)C2CCCOC2)n[nH]1. The zero-order chi connectivity index (χ0) is 13.8. The largest absolute Gasteiger partial charge is 0.480 e. The minimum atomic E-state index is -1.05. The molecule has 0 aromatic carbocycles. The van der Waals surface area contributed by atoms with Gasteiger partial charge in [0.25, 0.3) is 5.91 Å². The van der Waals surface area contributed by atoms with Crippen LogP contribution in [0.15, 0.2) is 6.07 Å². The van der Waals surface area contributed by atoms with E-state index in [0.29, 0.717) is 13.2 Å². The van der Waals surface area contributed by atoms with E-state index in [-0.39, 0.29) is 11.6 Å². The number of carbonyl (C=O) groups is 2. The molecule has 2 rings (SSSR count). The third kappa shape index (κ3) is 3.31. The van der Waals surface area contributed by atoms with Crippen molar-refractivity contribution in [2.45, 2.75) is 25.8 Å². The molecule has 2 heterocycles. The first-order valence-electron chi connectivity index (χ1n) is 6.21. The maximum atomic E-state index is 11.9. The lowest BCUT2D eigenvalue weighted by Crippen LogP contribution is -2.48. The Kier molecular flexibility index (Phi) is 4.16. The van der Waals surface area contributed by atoms with Crippen LogP contribution < -0.4 is 5.32 Å². The van der Waals surface area contributed by atoms with Crippen molar-refractivity contribution < 1.29 is 19.4 Å². The molecule has 7 heteroatoms. The highest BCUT2D eigenvalue weighted by molar-refractivity contribution is 5.95. The molecule has 2 atom stereocenters. The Labute approximate surface area is 110 Å². The van der Waals surface area contributed by atoms with E-state index in [0.717, 1.165) is 18.5 Å². The molecule has 19 heavy (non-hydrogen) atoms. The van der Waals surface area contributed by atoms with Gasteiger partial charge in [-0.3, -0.25) is 9.89 Å². The summed E-state index contributed by atoms with van der Waals surface area (Å²) in [5.41, 5.74) is 0.943. The topological polar surface area (TPSA) is 104 Å². The van der Waals surface area contributed by atoms with Gasteiger partial charge in [0.15, 0.2) is 0 Å². The molecule has 1 aromatic rings. The predicted molar refractivity (Wildman–Crippen MR) is 65.8 cm³/mol. The van der Waals surface area contributed by atoms with E-state index >= 15 is 0 Å². The number of carboxylic acids is 1. The molecule has 1 amide bonds. The highest BCUT2D eigenvalue weighted by atomic mass is 16.5. The van der Waals surface area contributed by atoms with Gasteiger partial charge in [-0.15, -0.1) is 0 Å². The number of carbonyl (C=O) groups excluding carboxylic acids is 1. The van der Waals surface area contributed by atoms with E-state index in [9.17, 15) is 14.7 Å². The second-order valence-corrected chi connectivity index (χ2v) is 4.70. The summed E-state index contributed by atoms with van der Waals surface area (Å²) in [7, 11) is 0. The quantitative estimate of drug-likeness (QED) is 0.729. The van der Waals surface area contributed by atoms with Crippen LogP contribution >= 0.6 is 0 Å². The number of hydrogen-bond donors (Lipinski definition) is 3. The molecule has 0 spiro atoms. The zero-order valence-electron chi connectivity index (χ0n) is 10.7. The van der Waals surface area contributed by atoms with Gasteiger partial charge in [0, 0.05) is 18.2 Å². The fourth-order valence-corrected chi connectivity index (χ4v) is 2.16. The lowest BCUT2D eigenvalue weighted by Gasteiger charge is -2.27. The maximum Gasteiger partial charge on any atom is 0.326 e. The first kappa shape index (κ1) is 13.5. The minimum Gasteiger partial charge on any atom is -0.480 e. The van der Waals surface area contributed by atoms with Crippen molar-refractivity contribution in [1.29, 1.82) is 0 Å². The Bertz CT molecular complexity index is 465. The first-order chi connectivity index (χ1) is 9.08. The van der Waals surface area contributed by atoms with Crippen molar-refractivity contribution in [3.05, 3.63) is 17.5 Å². The Hall–Kier alpha value is -1.89. The summed E-state index contributed by atoms with van der Waals surface area (Å²) in [4.78, 5) is 23.2. The Morgan fingerprint density at radius 1 is 1.63 bits per heavy atom. The average molecular weight is 267 g/mol. The van der Waals surface area contributed by atoms with Crippen LogP contribution in [0.5, 0.6) is 0 Å². The molecule has 104 valence electrons. The van der Waals surface area contributed by atoms with Crippen molar-refractivity contribution in [3.63, 3.8) is 0 Å². The number of H-pyrrole nitrogens is 1. The van der Waals surface area contributed by atoms with Crippen molar-refractivity contribution in [2.24, 2.45) is 5.92 Å².